The minimum absolute atomic E-state index is 0.316. The van der Waals surface area contributed by atoms with E-state index < -0.39 is 10.0 Å². The van der Waals surface area contributed by atoms with Crippen molar-refractivity contribution in [2.75, 3.05) is 0 Å². The predicted molar refractivity (Wildman–Crippen MR) is 75.3 cm³/mol. The summed E-state index contributed by atoms with van der Waals surface area (Å²) in [5.74, 6) is 0. The lowest BCUT2D eigenvalue weighted by Gasteiger charge is -2.02. The van der Waals surface area contributed by atoms with Crippen molar-refractivity contribution < 1.29 is 8.42 Å². The standard InChI is InChI=1S/C11H14N2O2S3/c1-8-2-3-10(17-8)6-13-18(14,15)11-4-9(5-12)7-16-11/h2-4,7,13H,5-6,12H2,1H3. The molecule has 0 radical (unpaired) electrons. The van der Waals surface area contributed by atoms with Crippen LogP contribution in [0.5, 0.6) is 0 Å². The lowest BCUT2D eigenvalue weighted by Crippen LogP contribution is -2.21. The van der Waals surface area contributed by atoms with Crippen molar-refractivity contribution in [3.8, 4) is 0 Å². The van der Waals surface area contributed by atoms with Gasteiger partial charge in [0.2, 0.25) is 10.0 Å². The smallest absolute Gasteiger partial charge is 0.250 e. The maximum atomic E-state index is 12.0. The molecule has 0 atom stereocenters. The number of hydrogen-bond acceptors (Lipinski definition) is 5. The van der Waals surface area contributed by atoms with Crippen LogP contribution < -0.4 is 10.5 Å². The summed E-state index contributed by atoms with van der Waals surface area (Å²) in [7, 11) is -3.42. The van der Waals surface area contributed by atoms with E-state index in [4.69, 9.17) is 5.73 Å². The first-order valence-corrected chi connectivity index (χ1v) is 8.51. The molecule has 2 aromatic rings. The van der Waals surface area contributed by atoms with Gasteiger partial charge in [-0.05, 0) is 36.1 Å². The molecule has 0 aromatic carbocycles. The van der Waals surface area contributed by atoms with Crippen LogP contribution >= 0.6 is 22.7 Å². The van der Waals surface area contributed by atoms with E-state index in [1.54, 1.807) is 22.8 Å². The Kier molecular flexibility index (Phi) is 4.18. The number of aryl methyl sites for hydroxylation is 1. The van der Waals surface area contributed by atoms with Gasteiger partial charge in [0.1, 0.15) is 4.21 Å². The van der Waals surface area contributed by atoms with E-state index in [-0.39, 0.29) is 0 Å². The fourth-order valence-corrected chi connectivity index (χ4v) is 4.61. The second-order valence-electron chi connectivity index (χ2n) is 3.82. The molecule has 0 aliphatic heterocycles. The zero-order valence-corrected chi connectivity index (χ0v) is 12.3. The molecule has 0 spiro atoms. The molecule has 0 fully saturated rings. The van der Waals surface area contributed by atoms with Crippen LogP contribution in [0.4, 0.5) is 0 Å². The number of thiophene rings is 2. The fraction of sp³-hybridized carbons (Fsp3) is 0.273. The zero-order valence-electron chi connectivity index (χ0n) is 9.84. The molecule has 3 N–H and O–H groups in total. The summed E-state index contributed by atoms with van der Waals surface area (Å²) in [5, 5.41) is 1.77. The highest BCUT2D eigenvalue weighted by atomic mass is 32.2. The lowest BCUT2D eigenvalue weighted by molar-refractivity contribution is 0.584. The molecular formula is C11H14N2O2S3. The summed E-state index contributed by atoms with van der Waals surface area (Å²) in [6, 6.07) is 5.53. The quantitative estimate of drug-likeness (QED) is 0.888. The van der Waals surface area contributed by atoms with Crippen molar-refractivity contribution in [2.24, 2.45) is 5.73 Å². The van der Waals surface area contributed by atoms with E-state index in [1.165, 1.54) is 16.2 Å². The molecule has 0 amide bonds. The average Bonchev–Trinajstić information content (AvgIpc) is 2.95. The SMILES string of the molecule is Cc1ccc(CNS(=O)(=O)c2cc(CN)cs2)s1. The first-order chi connectivity index (χ1) is 8.51. The van der Waals surface area contributed by atoms with E-state index in [1.807, 2.05) is 19.1 Å². The van der Waals surface area contributed by atoms with Crippen molar-refractivity contribution in [3.63, 3.8) is 0 Å². The number of hydrogen-bond donors (Lipinski definition) is 2. The Morgan fingerprint density at radius 2 is 2.17 bits per heavy atom. The minimum atomic E-state index is -3.42. The number of sulfonamides is 1. The van der Waals surface area contributed by atoms with E-state index >= 15 is 0 Å². The highest BCUT2D eigenvalue weighted by Gasteiger charge is 2.16. The summed E-state index contributed by atoms with van der Waals surface area (Å²) in [6.45, 7) is 2.68. The van der Waals surface area contributed by atoms with Gasteiger partial charge in [0.15, 0.2) is 0 Å². The molecule has 2 heterocycles. The molecule has 0 saturated carbocycles. The summed E-state index contributed by atoms with van der Waals surface area (Å²) < 4.78 is 26.9. The summed E-state index contributed by atoms with van der Waals surface area (Å²) >= 11 is 2.78. The van der Waals surface area contributed by atoms with Crippen LogP contribution in [0.15, 0.2) is 27.8 Å². The van der Waals surface area contributed by atoms with Crippen LogP contribution in [0.3, 0.4) is 0 Å². The van der Waals surface area contributed by atoms with Crippen LogP contribution in [-0.4, -0.2) is 8.42 Å². The third-order valence-electron chi connectivity index (χ3n) is 2.36. The molecule has 98 valence electrons. The predicted octanol–water partition coefficient (Wildman–Crippen LogP) is 2.06. The Hall–Kier alpha value is -0.730. The van der Waals surface area contributed by atoms with Gasteiger partial charge in [-0.3, -0.25) is 0 Å². The number of nitrogens with one attached hydrogen (secondary N) is 1. The number of nitrogens with two attached hydrogens (primary N) is 1. The molecule has 7 heteroatoms. The average molecular weight is 302 g/mol. The highest BCUT2D eigenvalue weighted by Crippen LogP contribution is 2.21. The Labute approximate surface area is 115 Å². The van der Waals surface area contributed by atoms with Crippen molar-refractivity contribution in [1.29, 1.82) is 0 Å². The second-order valence-corrected chi connectivity index (χ2v) is 8.09. The Bertz CT molecular complexity index is 628. The normalized spacial score (nSPS) is 11.9. The molecule has 4 nitrogen and oxygen atoms in total. The van der Waals surface area contributed by atoms with Gasteiger partial charge in [0, 0.05) is 22.8 Å². The molecule has 2 rings (SSSR count). The van der Waals surface area contributed by atoms with Gasteiger partial charge >= 0.3 is 0 Å². The maximum Gasteiger partial charge on any atom is 0.250 e. The summed E-state index contributed by atoms with van der Waals surface area (Å²) in [5.41, 5.74) is 6.31. The largest absolute Gasteiger partial charge is 0.326 e. The molecular weight excluding hydrogens is 288 g/mol. The third kappa shape index (κ3) is 3.18. The molecule has 2 aromatic heterocycles. The third-order valence-corrected chi connectivity index (χ3v) is 6.25. The molecule has 0 bridgehead atoms. The van der Waals surface area contributed by atoms with Gasteiger partial charge in [-0.1, -0.05) is 0 Å². The molecule has 18 heavy (non-hydrogen) atoms. The summed E-state index contributed by atoms with van der Waals surface area (Å²) in [4.78, 5) is 2.18. The molecule has 0 unspecified atom stereocenters. The lowest BCUT2D eigenvalue weighted by atomic mass is 10.4. The first-order valence-electron chi connectivity index (χ1n) is 5.34. The van der Waals surface area contributed by atoms with E-state index in [0.29, 0.717) is 17.3 Å². The Morgan fingerprint density at radius 1 is 1.39 bits per heavy atom. The zero-order chi connectivity index (χ0) is 13.2. The van der Waals surface area contributed by atoms with E-state index in [0.717, 1.165) is 10.4 Å². The van der Waals surface area contributed by atoms with Crippen LogP contribution in [0.1, 0.15) is 15.3 Å². The van der Waals surface area contributed by atoms with Crippen LogP contribution in [0.2, 0.25) is 0 Å². The fourth-order valence-electron chi connectivity index (χ4n) is 1.42. The Morgan fingerprint density at radius 3 is 2.72 bits per heavy atom. The van der Waals surface area contributed by atoms with Gasteiger partial charge in [0.25, 0.3) is 0 Å². The van der Waals surface area contributed by atoms with Gasteiger partial charge in [-0.2, -0.15) is 0 Å². The van der Waals surface area contributed by atoms with E-state index in [9.17, 15) is 8.42 Å². The van der Waals surface area contributed by atoms with Crippen molar-refractivity contribution >= 4 is 32.7 Å². The van der Waals surface area contributed by atoms with Crippen LogP contribution in [0, 0.1) is 6.92 Å². The highest BCUT2D eigenvalue weighted by molar-refractivity contribution is 7.91. The molecule has 0 aliphatic carbocycles. The first kappa shape index (κ1) is 13.7. The van der Waals surface area contributed by atoms with Crippen molar-refractivity contribution in [2.45, 2.75) is 24.2 Å². The molecule has 0 aliphatic rings. The monoisotopic (exact) mass is 302 g/mol. The molecule has 0 saturated heterocycles. The van der Waals surface area contributed by atoms with Crippen LogP contribution in [-0.2, 0) is 23.1 Å². The van der Waals surface area contributed by atoms with Gasteiger partial charge in [-0.15, -0.1) is 22.7 Å². The van der Waals surface area contributed by atoms with Crippen molar-refractivity contribution in [1.82, 2.24) is 4.72 Å². The minimum Gasteiger partial charge on any atom is -0.326 e. The van der Waals surface area contributed by atoms with Crippen LogP contribution in [0.25, 0.3) is 0 Å². The second kappa shape index (κ2) is 5.50. The maximum absolute atomic E-state index is 12.0. The topological polar surface area (TPSA) is 72.2 Å². The van der Waals surface area contributed by atoms with Gasteiger partial charge in [0.05, 0.1) is 0 Å². The van der Waals surface area contributed by atoms with Gasteiger partial charge < -0.3 is 5.73 Å². The summed E-state index contributed by atoms with van der Waals surface area (Å²) in [6.07, 6.45) is 0. The van der Waals surface area contributed by atoms with Crippen molar-refractivity contribution in [3.05, 3.63) is 38.9 Å². The van der Waals surface area contributed by atoms with E-state index in [2.05, 4.69) is 4.72 Å². The van der Waals surface area contributed by atoms with Gasteiger partial charge in [-0.25, -0.2) is 13.1 Å². The number of rotatable bonds is 5. The Balaban J connectivity index is 2.07.